The summed E-state index contributed by atoms with van der Waals surface area (Å²) in [4.78, 5) is 28.5. The van der Waals surface area contributed by atoms with E-state index in [4.69, 9.17) is 11.6 Å². The molecule has 2 amide bonds. The molecule has 0 saturated heterocycles. The lowest BCUT2D eigenvalue weighted by Gasteiger charge is -2.32. The predicted molar refractivity (Wildman–Crippen MR) is 129 cm³/mol. The van der Waals surface area contributed by atoms with Crippen molar-refractivity contribution in [2.75, 3.05) is 6.54 Å². The highest BCUT2D eigenvalue weighted by molar-refractivity contribution is 6.31. The second-order valence-electron chi connectivity index (χ2n) is 7.77. The second kappa shape index (κ2) is 12.1. The van der Waals surface area contributed by atoms with Crippen molar-refractivity contribution in [1.29, 1.82) is 0 Å². The number of carbonyl (C=O) groups is 2. The van der Waals surface area contributed by atoms with Gasteiger partial charge in [0.15, 0.2) is 0 Å². The molecule has 3 aromatic carbocycles. The van der Waals surface area contributed by atoms with Crippen LogP contribution in [0.25, 0.3) is 0 Å². The smallest absolute Gasteiger partial charge is 0.243 e. The minimum absolute atomic E-state index is 0.108. The third-order valence-electron chi connectivity index (χ3n) is 5.32. The summed E-state index contributed by atoms with van der Waals surface area (Å²) < 4.78 is 0. The van der Waals surface area contributed by atoms with Crippen molar-refractivity contribution in [3.05, 3.63) is 107 Å². The van der Waals surface area contributed by atoms with Gasteiger partial charge in [0, 0.05) is 24.5 Å². The van der Waals surface area contributed by atoms with Crippen LogP contribution in [-0.2, 0) is 29.0 Å². The summed E-state index contributed by atoms with van der Waals surface area (Å²) in [6.45, 7) is 2.84. The minimum Gasteiger partial charge on any atom is -0.354 e. The molecule has 1 atom stereocenters. The molecule has 4 nitrogen and oxygen atoms in total. The summed E-state index contributed by atoms with van der Waals surface area (Å²) in [6, 6.07) is 26.2. The van der Waals surface area contributed by atoms with Crippen LogP contribution in [0.2, 0.25) is 5.02 Å². The zero-order valence-corrected chi connectivity index (χ0v) is 19.1. The number of benzene rings is 3. The molecule has 0 aliphatic heterocycles. The molecule has 166 valence electrons. The Labute approximate surface area is 195 Å². The molecular formula is C27H29ClN2O2. The highest BCUT2D eigenvalue weighted by Gasteiger charge is 2.30. The molecule has 32 heavy (non-hydrogen) atoms. The Morgan fingerprint density at radius 2 is 1.47 bits per heavy atom. The third-order valence-corrected chi connectivity index (χ3v) is 5.69. The first kappa shape index (κ1) is 23.6. The molecule has 3 rings (SSSR count). The standard InChI is InChI=1S/C27H29ClN2O2/c1-2-17-29-27(32)25(18-21-11-5-3-6-12-21)30(20-23-15-9-10-16-24(23)28)26(31)19-22-13-7-4-8-14-22/h3-16,25H,2,17-20H2,1H3,(H,29,32)/t25-/m0/s1. The molecule has 5 heteroatoms. The van der Waals surface area contributed by atoms with Gasteiger partial charge in [0.25, 0.3) is 0 Å². The number of amides is 2. The molecule has 0 aliphatic rings. The van der Waals surface area contributed by atoms with Crippen LogP contribution in [0.4, 0.5) is 0 Å². The van der Waals surface area contributed by atoms with Crippen molar-refractivity contribution in [2.45, 2.75) is 38.8 Å². The van der Waals surface area contributed by atoms with Crippen LogP contribution in [0.3, 0.4) is 0 Å². The number of carbonyl (C=O) groups excluding carboxylic acids is 2. The summed E-state index contributed by atoms with van der Waals surface area (Å²) in [6.07, 6.45) is 1.48. The lowest BCUT2D eigenvalue weighted by atomic mass is 10.0. The van der Waals surface area contributed by atoms with Gasteiger partial charge in [-0.15, -0.1) is 0 Å². The maximum absolute atomic E-state index is 13.5. The molecule has 0 radical (unpaired) electrons. The van der Waals surface area contributed by atoms with Crippen LogP contribution in [0.5, 0.6) is 0 Å². The van der Waals surface area contributed by atoms with Gasteiger partial charge in [-0.25, -0.2) is 0 Å². The predicted octanol–water partition coefficient (Wildman–Crippen LogP) is 5.05. The molecule has 0 saturated carbocycles. The summed E-state index contributed by atoms with van der Waals surface area (Å²) in [5.41, 5.74) is 2.73. The number of nitrogens with one attached hydrogen (secondary N) is 1. The van der Waals surface area contributed by atoms with Crippen LogP contribution < -0.4 is 5.32 Å². The van der Waals surface area contributed by atoms with Gasteiger partial charge in [0.1, 0.15) is 6.04 Å². The minimum atomic E-state index is -0.642. The maximum Gasteiger partial charge on any atom is 0.243 e. The van der Waals surface area contributed by atoms with E-state index in [1.54, 1.807) is 11.0 Å². The summed E-state index contributed by atoms with van der Waals surface area (Å²) >= 11 is 6.42. The van der Waals surface area contributed by atoms with Crippen LogP contribution in [0, 0.1) is 0 Å². The summed E-state index contributed by atoms with van der Waals surface area (Å²) in [5, 5.41) is 3.57. The van der Waals surface area contributed by atoms with E-state index in [9.17, 15) is 9.59 Å². The van der Waals surface area contributed by atoms with Crippen molar-refractivity contribution in [1.82, 2.24) is 10.2 Å². The van der Waals surface area contributed by atoms with E-state index in [1.165, 1.54) is 0 Å². The van der Waals surface area contributed by atoms with Gasteiger partial charge in [-0.05, 0) is 29.2 Å². The van der Waals surface area contributed by atoms with Crippen molar-refractivity contribution in [3.63, 3.8) is 0 Å². The molecule has 1 N–H and O–H groups in total. The fourth-order valence-corrected chi connectivity index (χ4v) is 3.80. The topological polar surface area (TPSA) is 49.4 Å². The number of halogens is 1. The average molecular weight is 449 g/mol. The Kier molecular flexibility index (Phi) is 8.88. The van der Waals surface area contributed by atoms with Crippen molar-refractivity contribution in [2.24, 2.45) is 0 Å². The lowest BCUT2D eigenvalue weighted by molar-refractivity contribution is -0.140. The molecule has 0 aliphatic carbocycles. The van der Waals surface area contributed by atoms with Gasteiger partial charge in [-0.1, -0.05) is 97.4 Å². The Morgan fingerprint density at radius 1 is 0.875 bits per heavy atom. The Bertz CT molecular complexity index is 1010. The monoisotopic (exact) mass is 448 g/mol. The Morgan fingerprint density at radius 3 is 2.09 bits per heavy atom. The zero-order valence-electron chi connectivity index (χ0n) is 18.3. The van der Waals surface area contributed by atoms with E-state index >= 15 is 0 Å². The zero-order chi connectivity index (χ0) is 22.8. The molecule has 0 heterocycles. The van der Waals surface area contributed by atoms with Crippen LogP contribution in [0.15, 0.2) is 84.9 Å². The number of hydrogen-bond donors (Lipinski definition) is 1. The first-order chi connectivity index (χ1) is 15.6. The SMILES string of the molecule is CCCNC(=O)[C@H](Cc1ccccc1)N(Cc1ccccc1Cl)C(=O)Cc1ccccc1. The largest absolute Gasteiger partial charge is 0.354 e. The van der Waals surface area contributed by atoms with Crippen LogP contribution in [0.1, 0.15) is 30.0 Å². The first-order valence-corrected chi connectivity index (χ1v) is 11.3. The number of rotatable bonds is 10. The fourth-order valence-electron chi connectivity index (χ4n) is 3.60. The summed E-state index contributed by atoms with van der Waals surface area (Å²) in [7, 11) is 0. The average Bonchev–Trinajstić information content (AvgIpc) is 2.82. The fraction of sp³-hybridized carbons (Fsp3) is 0.259. The van der Waals surface area contributed by atoms with E-state index in [0.717, 1.165) is 23.1 Å². The lowest BCUT2D eigenvalue weighted by Crippen LogP contribution is -2.51. The molecule has 0 aromatic heterocycles. The number of hydrogen-bond acceptors (Lipinski definition) is 2. The van der Waals surface area contributed by atoms with Crippen LogP contribution >= 0.6 is 11.6 Å². The van der Waals surface area contributed by atoms with Gasteiger partial charge in [-0.3, -0.25) is 9.59 Å². The second-order valence-corrected chi connectivity index (χ2v) is 8.18. The quantitative estimate of drug-likeness (QED) is 0.472. The first-order valence-electron chi connectivity index (χ1n) is 11.0. The molecule has 0 spiro atoms. The van der Waals surface area contributed by atoms with Crippen LogP contribution in [-0.4, -0.2) is 29.3 Å². The van der Waals surface area contributed by atoms with E-state index in [0.29, 0.717) is 18.0 Å². The normalized spacial score (nSPS) is 11.6. The highest BCUT2D eigenvalue weighted by Crippen LogP contribution is 2.21. The van der Waals surface area contributed by atoms with E-state index in [1.807, 2.05) is 85.8 Å². The van der Waals surface area contributed by atoms with Crippen molar-refractivity contribution < 1.29 is 9.59 Å². The molecular weight excluding hydrogens is 420 g/mol. The van der Waals surface area contributed by atoms with E-state index in [-0.39, 0.29) is 24.8 Å². The van der Waals surface area contributed by atoms with E-state index in [2.05, 4.69) is 5.32 Å². The molecule has 0 unspecified atom stereocenters. The number of nitrogens with zero attached hydrogens (tertiary/aromatic N) is 1. The Hall–Kier alpha value is -3.11. The third kappa shape index (κ3) is 6.69. The molecule has 0 fully saturated rings. The summed E-state index contributed by atoms with van der Waals surface area (Å²) in [5.74, 6) is -0.257. The highest BCUT2D eigenvalue weighted by atomic mass is 35.5. The maximum atomic E-state index is 13.5. The van der Waals surface area contributed by atoms with Gasteiger partial charge in [-0.2, -0.15) is 0 Å². The molecule has 0 bridgehead atoms. The van der Waals surface area contributed by atoms with Gasteiger partial charge >= 0.3 is 0 Å². The van der Waals surface area contributed by atoms with Gasteiger partial charge < -0.3 is 10.2 Å². The van der Waals surface area contributed by atoms with E-state index < -0.39 is 6.04 Å². The molecule has 3 aromatic rings. The van der Waals surface area contributed by atoms with Crippen molar-refractivity contribution in [3.8, 4) is 0 Å². The van der Waals surface area contributed by atoms with Gasteiger partial charge in [0.2, 0.25) is 11.8 Å². The van der Waals surface area contributed by atoms with Gasteiger partial charge in [0.05, 0.1) is 6.42 Å². The van der Waals surface area contributed by atoms with Crippen molar-refractivity contribution >= 4 is 23.4 Å². The Balaban J connectivity index is 1.95.